The van der Waals surface area contributed by atoms with E-state index >= 15 is 0 Å². The maximum atomic E-state index is 13.0. The molecular formula is C20H25F7N2O5. The van der Waals surface area contributed by atoms with Crippen molar-refractivity contribution in [3.63, 3.8) is 0 Å². The van der Waals surface area contributed by atoms with Crippen LogP contribution >= 0.6 is 0 Å². The predicted octanol–water partition coefficient (Wildman–Crippen LogP) is 3.10. The Morgan fingerprint density at radius 1 is 1.06 bits per heavy atom. The van der Waals surface area contributed by atoms with Crippen LogP contribution in [0.2, 0.25) is 0 Å². The maximum Gasteiger partial charge on any atom is 0.490 e. The van der Waals surface area contributed by atoms with Gasteiger partial charge in [0, 0.05) is 37.5 Å². The molecule has 2 aliphatic heterocycles. The summed E-state index contributed by atoms with van der Waals surface area (Å²) in [5.41, 5.74) is 1.47. The summed E-state index contributed by atoms with van der Waals surface area (Å²) in [6, 6.07) is 6.87. The van der Waals surface area contributed by atoms with Crippen molar-refractivity contribution in [2.24, 2.45) is 11.3 Å². The number of aliphatic carboxylic acids is 2. The molecule has 0 amide bonds. The summed E-state index contributed by atoms with van der Waals surface area (Å²) in [5, 5.41) is 14.2. The lowest BCUT2D eigenvalue weighted by Crippen LogP contribution is -2.40. The van der Waals surface area contributed by atoms with Crippen molar-refractivity contribution in [2.75, 3.05) is 46.9 Å². The van der Waals surface area contributed by atoms with Crippen molar-refractivity contribution in [3.8, 4) is 0 Å². The number of carboxylic acid groups (broad SMARTS) is 2. The highest BCUT2D eigenvalue weighted by Gasteiger charge is 2.50. The van der Waals surface area contributed by atoms with Crippen molar-refractivity contribution < 1.29 is 55.3 Å². The number of carbonyl (C=O) groups is 2. The van der Waals surface area contributed by atoms with Crippen molar-refractivity contribution in [3.05, 3.63) is 35.6 Å². The van der Waals surface area contributed by atoms with Crippen LogP contribution < -0.4 is 0 Å². The number of likely N-dealkylation sites (tertiary alicyclic amines) is 1. The Balaban J connectivity index is 0.000000343. The summed E-state index contributed by atoms with van der Waals surface area (Å²) < 4.78 is 82.2. The van der Waals surface area contributed by atoms with Crippen molar-refractivity contribution in [1.82, 2.24) is 9.80 Å². The van der Waals surface area contributed by atoms with E-state index in [1.807, 2.05) is 12.1 Å². The van der Waals surface area contributed by atoms with E-state index in [1.54, 1.807) is 12.1 Å². The number of benzene rings is 1. The largest absolute Gasteiger partial charge is 0.490 e. The molecular weight excluding hydrogens is 481 g/mol. The molecule has 0 radical (unpaired) electrons. The zero-order valence-corrected chi connectivity index (χ0v) is 18.3. The molecule has 2 saturated heterocycles. The monoisotopic (exact) mass is 506 g/mol. The van der Waals surface area contributed by atoms with Crippen molar-refractivity contribution in [1.29, 1.82) is 0 Å². The summed E-state index contributed by atoms with van der Waals surface area (Å²) in [6.45, 7) is 5.91. The van der Waals surface area contributed by atoms with E-state index < -0.39 is 24.3 Å². The zero-order chi connectivity index (χ0) is 26.3. The molecule has 1 aromatic carbocycles. The van der Waals surface area contributed by atoms with Gasteiger partial charge in [0.1, 0.15) is 5.82 Å². The highest BCUT2D eigenvalue weighted by atomic mass is 19.4. The van der Waals surface area contributed by atoms with E-state index in [-0.39, 0.29) is 11.2 Å². The minimum absolute atomic E-state index is 0.162. The zero-order valence-electron chi connectivity index (χ0n) is 18.3. The van der Waals surface area contributed by atoms with E-state index in [1.165, 1.54) is 5.56 Å². The summed E-state index contributed by atoms with van der Waals surface area (Å²) in [7, 11) is 4.26. The Morgan fingerprint density at radius 2 is 1.53 bits per heavy atom. The Labute approximate surface area is 190 Å². The first-order chi connectivity index (χ1) is 15.5. The lowest BCUT2D eigenvalue weighted by Gasteiger charge is -2.30. The molecule has 7 nitrogen and oxygen atoms in total. The molecule has 2 fully saturated rings. The minimum atomic E-state index is -5.08. The van der Waals surface area contributed by atoms with Crippen LogP contribution in [0, 0.1) is 17.2 Å². The van der Waals surface area contributed by atoms with Crippen LogP contribution in [-0.4, -0.2) is 91.2 Å². The molecule has 194 valence electrons. The Kier molecular flexibility index (Phi) is 10.3. The Hall–Kier alpha value is -2.45. The third kappa shape index (κ3) is 9.43. The van der Waals surface area contributed by atoms with Gasteiger partial charge in [-0.15, -0.1) is 0 Å². The number of nitrogens with zero attached hydrogens (tertiary/aromatic N) is 2. The molecule has 0 spiro atoms. The molecule has 2 atom stereocenters. The fraction of sp³-hybridized carbons (Fsp3) is 0.600. The van der Waals surface area contributed by atoms with Gasteiger partial charge in [-0.3, -0.25) is 4.90 Å². The molecule has 0 saturated carbocycles. The van der Waals surface area contributed by atoms with Gasteiger partial charge in [0.15, 0.2) is 0 Å². The quantitative estimate of drug-likeness (QED) is 0.607. The van der Waals surface area contributed by atoms with Gasteiger partial charge in [-0.1, -0.05) is 12.1 Å². The number of halogens is 7. The van der Waals surface area contributed by atoms with Gasteiger partial charge in [0.25, 0.3) is 0 Å². The summed E-state index contributed by atoms with van der Waals surface area (Å²) in [6.07, 6.45) is -10.2. The Morgan fingerprint density at radius 3 is 1.94 bits per heavy atom. The normalized spacial score (nSPS) is 22.4. The molecule has 14 heteroatoms. The highest BCUT2D eigenvalue weighted by Crippen LogP contribution is 2.42. The van der Waals surface area contributed by atoms with E-state index in [0.29, 0.717) is 5.92 Å². The average molecular weight is 506 g/mol. The van der Waals surface area contributed by atoms with Gasteiger partial charge in [0.2, 0.25) is 0 Å². The van der Waals surface area contributed by atoms with Crippen LogP contribution in [0.3, 0.4) is 0 Å². The van der Waals surface area contributed by atoms with Gasteiger partial charge in [0.05, 0.1) is 13.2 Å². The molecule has 1 aromatic rings. The second kappa shape index (κ2) is 11.8. The SMILES string of the molecule is CN(C)C[C@]12COC[C@H]1CN(Cc1ccc(F)cc1)C2.O=C(O)C(F)(F)F.O=C(O)C(F)(F)F. The number of hydrogen-bond donors (Lipinski definition) is 2. The second-order valence-electron chi connectivity index (χ2n) is 8.21. The fourth-order valence-corrected chi connectivity index (χ4v) is 3.76. The minimum Gasteiger partial charge on any atom is -0.475 e. The van der Waals surface area contributed by atoms with Crippen LogP contribution in [0.15, 0.2) is 24.3 Å². The van der Waals surface area contributed by atoms with Crippen LogP contribution in [0.25, 0.3) is 0 Å². The number of rotatable bonds is 4. The van der Waals surface area contributed by atoms with Gasteiger partial charge >= 0.3 is 24.3 Å². The van der Waals surface area contributed by atoms with Crippen molar-refractivity contribution >= 4 is 11.9 Å². The van der Waals surface area contributed by atoms with Crippen LogP contribution in [-0.2, 0) is 20.9 Å². The van der Waals surface area contributed by atoms with E-state index in [0.717, 1.165) is 39.4 Å². The standard InChI is InChI=1S/C16H23FN2O.2C2HF3O2/c1-18(2)10-16-11-19(8-14(16)9-20-12-16)7-13-3-5-15(17)6-4-13;2*3-2(4,5)1(6)7/h3-6,14H,7-12H2,1-2H3;2*(H,6,7)/t14-,16+;;/m1../s1. The number of hydrogen-bond acceptors (Lipinski definition) is 5. The molecule has 2 heterocycles. The van der Waals surface area contributed by atoms with E-state index in [9.17, 15) is 30.7 Å². The third-order valence-corrected chi connectivity index (χ3v) is 5.03. The van der Waals surface area contributed by atoms with Crippen molar-refractivity contribution in [2.45, 2.75) is 18.9 Å². The van der Waals surface area contributed by atoms with Gasteiger partial charge in [-0.2, -0.15) is 26.3 Å². The first-order valence-corrected chi connectivity index (χ1v) is 9.76. The van der Waals surface area contributed by atoms with E-state index in [2.05, 4.69) is 23.9 Å². The lowest BCUT2D eigenvalue weighted by molar-refractivity contribution is -0.193. The van der Waals surface area contributed by atoms with Gasteiger partial charge in [-0.05, 0) is 31.8 Å². The molecule has 0 unspecified atom stereocenters. The van der Waals surface area contributed by atoms with Crippen LogP contribution in [0.5, 0.6) is 0 Å². The highest BCUT2D eigenvalue weighted by molar-refractivity contribution is 5.73. The topological polar surface area (TPSA) is 90.3 Å². The molecule has 2 aliphatic rings. The number of carboxylic acids is 2. The summed E-state index contributed by atoms with van der Waals surface area (Å²) in [4.78, 5) is 22.5. The van der Waals surface area contributed by atoms with Crippen LogP contribution in [0.4, 0.5) is 30.7 Å². The third-order valence-electron chi connectivity index (χ3n) is 5.03. The average Bonchev–Trinajstić information content (AvgIpc) is 3.18. The molecule has 0 bridgehead atoms. The first-order valence-electron chi connectivity index (χ1n) is 9.76. The maximum absolute atomic E-state index is 13.0. The fourth-order valence-electron chi connectivity index (χ4n) is 3.76. The number of fused-ring (bicyclic) bond motifs is 1. The summed E-state index contributed by atoms with van der Waals surface area (Å²) >= 11 is 0. The molecule has 2 N–H and O–H groups in total. The first kappa shape index (κ1) is 29.6. The molecule has 0 aromatic heterocycles. The number of alkyl halides is 6. The van der Waals surface area contributed by atoms with Crippen LogP contribution in [0.1, 0.15) is 5.56 Å². The Bertz CT molecular complexity index is 791. The van der Waals surface area contributed by atoms with Gasteiger partial charge in [-0.25, -0.2) is 14.0 Å². The second-order valence-corrected chi connectivity index (χ2v) is 8.21. The summed E-state index contributed by atoms with van der Waals surface area (Å²) in [5.74, 6) is -5.05. The molecule has 0 aliphatic carbocycles. The van der Waals surface area contributed by atoms with Gasteiger partial charge < -0.3 is 19.8 Å². The lowest BCUT2D eigenvalue weighted by atomic mass is 9.81. The smallest absolute Gasteiger partial charge is 0.475 e. The molecule has 34 heavy (non-hydrogen) atoms. The molecule has 3 rings (SSSR count). The number of ether oxygens (including phenoxy) is 1. The van der Waals surface area contributed by atoms with E-state index in [4.69, 9.17) is 24.5 Å². The predicted molar refractivity (Wildman–Crippen MR) is 104 cm³/mol.